The minimum atomic E-state index is -2.74. The van der Waals surface area contributed by atoms with Gasteiger partial charge in [0, 0.05) is 0 Å². The fourth-order valence-corrected chi connectivity index (χ4v) is 1.47. The van der Waals surface area contributed by atoms with Crippen LogP contribution in [0, 0.1) is 0 Å². The van der Waals surface area contributed by atoms with Crippen molar-refractivity contribution in [3.63, 3.8) is 0 Å². The number of hydrogen-bond donors (Lipinski definition) is 6. The molecule has 0 heterocycles. The zero-order valence-corrected chi connectivity index (χ0v) is 13.4. The molecule has 0 amide bonds. The van der Waals surface area contributed by atoms with E-state index in [4.69, 9.17) is 30.6 Å². The third-order valence-electron chi connectivity index (χ3n) is 2.66. The summed E-state index contributed by atoms with van der Waals surface area (Å²) < 4.78 is 0. The number of aliphatic carboxylic acids is 3. The van der Waals surface area contributed by atoms with Crippen LogP contribution >= 0.6 is 0 Å². The van der Waals surface area contributed by atoms with Crippen molar-refractivity contribution in [1.29, 1.82) is 0 Å². The number of hydrogen-bond acceptors (Lipinski definition) is 6. The molecule has 1 rings (SSSR count). The fourth-order valence-electron chi connectivity index (χ4n) is 1.47. The Bertz CT molecular complexity index is 645. The van der Waals surface area contributed by atoms with Gasteiger partial charge >= 0.3 is 148 Å². The second-order valence-electron chi connectivity index (χ2n) is 4.67. The van der Waals surface area contributed by atoms with Crippen LogP contribution in [-0.2, 0) is 14.4 Å². The number of aliphatic hydroxyl groups is 1. The van der Waals surface area contributed by atoms with Crippen LogP contribution in [0.25, 0.3) is 0 Å². The summed E-state index contributed by atoms with van der Waals surface area (Å²) in [5, 5.41) is 50.7. The Morgan fingerprint density at radius 1 is 0.613 bits per heavy atom. The molecule has 0 aromatic heterocycles. The van der Waals surface area contributed by atoms with Gasteiger partial charge in [-0.1, -0.05) is 0 Å². The van der Waals surface area contributed by atoms with E-state index < -0.39 is 48.3 Å². The van der Waals surface area contributed by atoms with Crippen molar-refractivity contribution in [3.8, 4) is 0 Å². The molecule has 160 valence electrons. The average Bonchev–Trinajstić information content (AvgIpc) is 2.46. The first-order valence-corrected chi connectivity index (χ1v) is 6.35. The molecule has 0 spiro atoms. The SMILES string of the molecule is O.O.O=C(O)CC(O)(CC(=O)O)C(=O)O.O=C(O)c1ccc(C(=O)O)cc1.[NaH].[NaH].[NaH].[NaH]. The van der Waals surface area contributed by atoms with E-state index in [1.807, 2.05) is 0 Å². The van der Waals surface area contributed by atoms with E-state index in [0.717, 1.165) is 0 Å². The summed E-state index contributed by atoms with van der Waals surface area (Å²) in [7, 11) is 0. The Labute approximate surface area is 264 Å². The number of aromatic carboxylic acids is 2. The van der Waals surface area contributed by atoms with Crippen molar-refractivity contribution in [2.45, 2.75) is 18.4 Å². The van der Waals surface area contributed by atoms with Crippen LogP contribution in [0.5, 0.6) is 0 Å². The minimum absolute atomic E-state index is 0. The van der Waals surface area contributed by atoms with Crippen LogP contribution in [0.4, 0.5) is 0 Å². The number of carbonyl (C=O) groups is 5. The molecule has 0 fully saturated rings. The van der Waals surface area contributed by atoms with Gasteiger partial charge in [-0.15, -0.1) is 0 Å². The topological polar surface area (TPSA) is 270 Å². The first-order chi connectivity index (χ1) is 11.4. The average molecular weight is 490 g/mol. The first kappa shape index (κ1) is 48.8. The first-order valence-electron chi connectivity index (χ1n) is 6.35. The van der Waals surface area contributed by atoms with Gasteiger partial charge in [0.05, 0.1) is 24.0 Å². The number of carboxylic acids is 5. The van der Waals surface area contributed by atoms with Gasteiger partial charge in [-0.05, 0) is 24.3 Å². The summed E-state index contributed by atoms with van der Waals surface area (Å²) in [6.07, 6.45) is -2.29. The summed E-state index contributed by atoms with van der Waals surface area (Å²) >= 11 is 0. The van der Waals surface area contributed by atoms with E-state index in [9.17, 15) is 24.0 Å². The van der Waals surface area contributed by atoms with Gasteiger partial charge in [-0.3, -0.25) is 9.59 Å². The van der Waals surface area contributed by atoms with Crippen LogP contribution in [0.15, 0.2) is 24.3 Å². The zero-order valence-electron chi connectivity index (χ0n) is 13.4. The van der Waals surface area contributed by atoms with Crippen molar-refractivity contribution >= 4 is 148 Å². The molecule has 0 unspecified atom stereocenters. The predicted octanol–water partition coefficient (Wildman–Crippen LogP) is -4.41. The van der Waals surface area contributed by atoms with Crippen molar-refractivity contribution in [3.05, 3.63) is 35.4 Å². The summed E-state index contributed by atoms with van der Waals surface area (Å²) in [5.41, 5.74) is -2.57. The maximum absolute atomic E-state index is 10.3. The molecule has 13 nitrogen and oxygen atoms in total. The summed E-state index contributed by atoms with van der Waals surface area (Å²) in [6.45, 7) is 0. The molecule has 0 aliphatic rings. The fraction of sp³-hybridized carbons (Fsp3) is 0.214. The van der Waals surface area contributed by atoms with E-state index in [1.165, 1.54) is 24.3 Å². The Morgan fingerprint density at radius 3 is 0.968 bits per heavy atom. The molecular weight excluding hydrogens is 468 g/mol. The Hall–Kier alpha value is 0.450. The Balaban J connectivity index is -0.0000000623. The third kappa shape index (κ3) is 20.8. The molecule has 0 atom stereocenters. The second kappa shape index (κ2) is 23.6. The van der Waals surface area contributed by atoms with Crippen molar-refractivity contribution < 1.29 is 65.6 Å². The Morgan fingerprint density at radius 2 is 0.839 bits per heavy atom. The van der Waals surface area contributed by atoms with Crippen molar-refractivity contribution in [2.24, 2.45) is 0 Å². The van der Waals surface area contributed by atoms with Crippen LogP contribution < -0.4 is 0 Å². The van der Waals surface area contributed by atoms with E-state index in [0.29, 0.717) is 0 Å². The standard InChI is InChI=1S/C8H6O4.C6H8O7.4Na.2H2O.4H/c9-7(10)5-1-2-6(4-3-5)8(11)12;7-3(8)1-6(13,5(11)12)2-4(9)10;;;;;;;;;;/h1-4H,(H,9,10)(H,11,12);13H,1-2H2,(H,7,8)(H,9,10)(H,11,12);;;;;2*1H2;;;;. The molecule has 1 aromatic carbocycles. The van der Waals surface area contributed by atoms with E-state index in [2.05, 4.69) is 0 Å². The van der Waals surface area contributed by atoms with Crippen molar-refractivity contribution in [1.82, 2.24) is 0 Å². The molecule has 10 N–H and O–H groups in total. The summed E-state index contributed by atoms with van der Waals surface area (Å²) in [6, 6.07) is 5.02. The molecular formula is C14H22Na4O13. The van der Waals surface area contributed by atoms with Crippen molar-refractivity contribution in [2.75, 3.05) is 0 Å². The zero-order chi connectivity index (χ0) is 19.8. The van der Waals surface area contributed by atoms with Gasteiger partial charge in [-0.2, -0.15) is 0 Å². The van der Waals surface area contributed by atoms with Gasteiger partial charge in [0.1, 0.15) is 0 Å². The summed E-state index contributed by atoms with van der Waals surface area (Å²) in [4.78, 5) is 51.2. The van der Waals surface area contributed by atoms with Gasteiger partial charge in [-0.25, -0.2) is 14.4 Å². The van der Waals surface area contributed by atoms with E-state index in [1.54, 1.807) is 0 Å². The molecule has 0 radical (unpaired) electrons. The predicted molar refractivity (Wildman–Crippen MR) is 113 cm³/mol. The molecule has 0 aliphatic heterocycles. The molecule has 1 aromatic rings. The maximum atomic E-state index is 10.3. The van der Waals surface area contributed by atoms with Crippen LogP contribution in [0.1, 0.15) is 33.6 Å². The van der Waals surface area contributed by atoms with Crippen LogP contribution in [-0.4, -0.2) is 195 Å². The summed E-state index contributed by atoms with van der Waals surface area (Å²) in [5.74, 6) is -7.14. The van der Waals surface area contributed by atoms with Gasteiger partial charge in [0.15, 0.2) is 5.60 Å². The normalized spacial score (nSPS) is 8.16. The second-order valence-corrected chi connectivity index (χ2v) is 4.67. The molecule has 0 saturated heterocycles. The number of rotatable bonds is 7. The van der Waals surface area contributed by atoms with Crippen LogP contribution in [0.2, 0.25) is 0 Å². The molecule has 0 bridgehead atoms. The van der Waals surface area contributed by atoms with E-state index in [-0.39, 0.29) is 140 Å². The van der Waals surface area contributed by atoms with Crippen LogP contribution in [0.3, 0.4) is 0 Å². The molecule has 17 heteroatoms. The monoisotopic (exact) mass is 490 g/mol. The molecule has 0 saturated carbocycles. The number of benzene rings is 1. The van der Waals surface area contributed by atoms with Gasteiger partial charge in [0.2, 0.25) is 0 Å². The third-order valence-corrected chi connectivity index (χ3v) is 2.66. The van der Waals surface area contributed by atoms with Gasteiger partial charge < -0.3 is 41.6 Å². The Kier molecular flexibility index (Phi) is 37.1. The molecule has 0 aliphatic carbocycles. The van der Waals surface area contributed by atoms with Gasteiger partial charge in [0.25, 0.3) is 0 Å². The quantitative estimate of drug-likeness (QED) is 0.199. The van der Waals surface area contributed by atoms with E-state index >= 15 is 0 Å². The molecule has 31 heavy (non-hydrogen) atoms. The number of carboxylic acid groups (broad SMARTS) is 5.